The third-order valence-corrected chi connectivity index (χ3v) is 2.10. The Morgan fingerprint density at radius 1 is 1.19 bits per heavy atom. The van der Waals surface area contributed by atoms with Crippen molar-refractivity contribution in [1.82, 2.24) is 9.55 Å². The van der Waals surface area contributed by atoms with Gasteiger partial charge in [0.05, 0.1) is 5.69 Å². The average Bonchev–Trinajstić information content (AvgIpc) is 2.29. The van der Waals surface area contributed by atoms with Gasteiger partial charge in [-0.3, -0.25) is 14.3 Å². The van der Waals surface area contributed by atoms with E-state index in [-0.39, 0.29) is 11.2 Å². The van der Waals surface area contributed by atoms with Crippen molar-refractivity contribution >= 4 is 0 Å². The maximum atomic E-state index is 12.7. The van der Waals surface area contributed by atoms with Crippen LogP contribution in [-0.4, -0.2) is 9.55 Å². The normalized spacial score (nSPS) is 10.7. The maximum Gasteiger partial charge on any atom is 0.282 e. The van der Waals surface area contributed by atoms with Crippen LogP contribution in [0.5, 0.6) is 0 Å². The largest absolute Gasteiger partial charge is 0.282 e. The molecule has 0 saturated carbocycles. The first-order chi connectivity index (χ1) is 7.70. The first-order valence-corrected chi connectivity index (χ1v) is 4.61. The van der Waals surface area contributed by atoms with Crippen LogP contribution in [0.25, 0.3) is 5.69 Å². The van der Waals surface area contributed by atoms with Crippen molar-refractivity contribution in [3.63, 3.8) is 0 Å². The highest BCUT2D eigenvalue weighted by Crippen LogP contribution is 2.21. The lowest BCUT2D eigenvalue weighted by Crippen LogP contribution is -2.17. The Morgan fingerprint density at radius 3 is 2.69 bits per heavy atom. The third kappa shape index (κ3) is 1.84. The van der Waals surface area contributed by atoms with Crippen LogP contribution in [0.15, 0.2) is 47.5 Å². The van der Waals surface area contributed by atoms with Crippen molar-refractivity contribution in [2.24, 2.45) is 0 Å². The van der Waals surface area contributed by atoms with Gasteiger partial charge in [0.1, 0.15) is 5.69 Å². The molecular weight excluding hydrogens is 214 g/mol. The lowest BCUT2D eigenvalue weighted by atomic mass is 10.3. The number of aromatic nitrogens is 2. The summed E-state index contributed by atoms with van der Waals surface area (Å²) < 4.78 is 26.5. The van der Waals surface area contributed by atoms with Crippen LogP contribution in [0, 0.1) is 0 Å². The second-order valence-electron chi connectivity index (χ2n) is 3.12. The zero-order chi connectivity index (χ0) is 11.5. The molecule has 0 aromatic carbocycles. The maximum absolute atomic E-state index is 12.7. The van der Waals surface area contributed by atoms with Crippen molar-refractivity contribution in [1.29, 1.82) is 0 Å². The minimum Gasteiger partial charge on any atom is -0.282 e. The van der Waals surface area contributed by atoms with Gasteiger partial charge in [-0.2, -0.15) is 0 Å². The Kier molecular flexibility index (Phi) is 2.76. The Balaban J connectivity index is 2.65. The highest BCUT2D eigenvalue weighted by Gasteiger charge is 2.15. The molecule has 16 heavy (non-hydrogen) atoms. The summed E-state index contributed by atoms with van der Waals surface area (Å²) in [5.41, 5.74) is -0.642. The predicted octanol–water partition coefficient (Wildman–Crippen LogP) is 2.17. The number of alkyl halides is 2. The van der Waals surface area contributed by atoms with Crippen LogP contribution in [-0.2, 0) is 0 Å². The van der Waals surface area contributed by atoms with Crippen molar-refractivity contribution in [3.05, 3.63) is 58.8 Å². The van der Waals surface area contributed by atoms with Crippen LogP contribution in [0.2, 0.25) is 0 Å². The first-order valence-electron chi connectivity index (χ1n) is 4.61. The van der Waals surface area contributed by atoms with E-state index in [0.717, 1.165) is 4.57 Å². The van der Waals surface area contributed by atoms with Crippen LogP contribution in [0.3, 0.4) is 0 Å². The number of hydrogen-bond acceptors (Lipinski definition) is 2. The minimum atomic E-state index is -2.71. The Morgan fingerprint density at radius 2 is 2.00 bits per heavy atom. The molecule has 2 aromatic rings. The molecule has 0 aliphatic rings. The summed E-state index contributed by atoms with van der Waals surface area (Å²) in [6.07, 6.45) is 0.00722. The van der Waals surface area contributed by atoms with Gasteiger partial charge in [-0.25, -0.2) is 8.78 Å². The van der Waals surface area contributed by atoms with Crippen LogP contribution in [0.1, 0.15) is 12.1 Å². The number of halogens is 2. The summed E-state index contributed by atoms with van der Waals surface area (Å²) in [4.78, 5) is 15.1. The molecule has 3 nitrogen and oxygen atoms in total. The molecule has 0 aliphatic carbocycles. The number of pyridine rings is 2. The van der Waals surface area contributed by atoms with E-state index >= 15 is 0 Å². The molecule has 0 atom stereocenters. The fraction of sp³-hybridized carbons (Fsp3) is 0.0909. The molecule has 2 aromatic heterocycles. The van der Waals surface area contributed by atoms with Crippen molar-refractivity contribution in [2.45, 2.75) is 6.43 Å². The number of hydrogen-bond donors (Lipinski definition) is 0. The fourth-order valence-electron chi connectivity index (χ4n) is 1.41. The van der Waals surface area contributed by atoms with E-state index < -0.39 is 12.1 Å². The molecule has 2 rings (SSSR count). The van der Waals surface area contributed by atoms with Gasteiger partial charge in [-0.05, 0) is 18.2 Å². The van der Waals surface area contributed by atoms with Crippen molar-refractivity contribution in [3.8, 4) is 5.69 Å². The molecule has 82 valence electrons. The van der Waals surface area contributed by atoms with Crippen LogP contribution < -0.4 is 5.56 Å². The monoisotopic (exact) mass is 222 g/mol. The molecular formula is C11H8F2N2O. The zero-order valence-corrected chi connectivity index (χ0v) is 8.18. The summed E-state index contributed by atoms with van der Waals surface area (Å²) >= 11 is 0. The molecule has 0 N–H and O–H groups in total. The van der Waals surface area contributed by atoms with Gasteiger partial charge < -0.3 is 0 Å². The molecule has 0 amide bonds. The molecule has 0 unspecified atom stereocenters. The topological polar surface area (TPSA) is 34.9 Å². The zero-order valence-electron chi connectivity index (χ0n) is 8.18. The van der Waals surface area contributed by atoms with Gasteiger partial charge in [0, 0.05) is 18.5 Å². The quantitative estimate of drug-likeness (QED) is 0.780. The summed E-state index contributed by atoms with van der Waals surface area (Å²) in [6.45, 7) is 0. The number of rotatable bonds is 2. The minimum absolute atomic E-state index is 0.114. The molecule has 0 radical (unpaired) electrons. The van der Waals surface area contributed by atoms with Gasteiger partial charge in [-0.15, -0.1) is 0 Å². The second-order valence-corrected chi connectivity index (χ2v) is 3.12. The smallest absolute Gasteiger partial charge is 0.282 e. The van der Waals surface area contributed by atoms with E-state index in [1.54, 1.807) is 12.1 Å². The van der Waals surface area contributed by atoms with E-state index in [1.807, 2.05) is 0 Å². The Labute approximate surface area is 90.0 Å². The lowest BCUT2D eigenvalue weighted by molar-refractivity contribution is 0.146. The summed E-state index contributed by atoms with van der Waals surface area (Å²) in [5, 5.41) is 0. The van der Waals surface area contributed by atoms with Crippen LogP contribution in [0.4, 0.5) is 8.78 Å². The van der Waals surface area contributed by atoms with E-state index in [9.17, 15) is 13.6 Å². The average molecular weight is 222 g/mol. The van der Waals surface area contributed by atoms with E-state index in [4.69, 9.17) is 0 Å². The highest BCUT2D eigenvalue weighted by atomic mass is 19.3. The molecule has 0 fully saturated rings. The van der Waals surface area contributed by atoms with Gasteiger partial charge in [-0.1, -0.05) is 6.07 Å². The van der Waals surface area contributed by atoms with Gasteiger partial charge in [0.25, 0.3) is 12.0 Å². The van der Waals surface area contributed by atoms with Gasteiger partial charge in [0.15, 0.2) is 0 Å². The lowest BCUT2D eigenvalue weighted by Gasteiger charge is -2.09. The predicted molar refractivity (Wildman–Crippen MR) is 54.8 cm³/mol. The third-order valence-electron chi connectivity index (χ3n) is 2.10. The SMILES string of the molecule is O=c1ccccn1-c1cccnc1C(F)F. The van der Waals surface area contributed by atoms with Crippen molar-refractivity contribution in [2.75, 3.05) is 0 Å². The molecule has 5 heteroatoms. The Bertz CT molecular complexity index is 551. The van der Waals surface area contributed by atoms with E-state index in [2.05, 4.69) is 4.98 Å². The fourth-order valence-corrected chi connectivity index (χ4v) is 1.41. The molecule has 0 aliphatic heterocycles. The summed E-state index contributed by atoms with van der Waals surface area (Å²) in [5.74, 6) is 0. The van der Waals surface area contributed by atoms with Crippen molar-refractivity contribution < 1.29 is 8.78 Å². The first kappa shape index (κ1) is 10.5. The molecule has 0 saturated heterocycles. The van der Waals surface area contributed by atoms with Crippen LogP contribution >= 0.6 is 0 Å². The van der Waals surface area contributed by atoms with Gasteiger partial charge in [0.2, 0.25) is 0 Å². The summed E-state index contributed by atoms with van der Waals surface area (Å²) in [7, 11) is 0. The van der Waals surface area contributed by atoms with E-state index in [0.29, 0.717) is 0 Å². The second kappa shape index (κ2) is 4.22. The number of nitrogens with zero attached hydrogens (tertiary/aromatic N) is 2. The van der Waals surface area contributed by atoms with E-state index in [1.165, 1.54) is 30.6 Å². The molecule has 0 spiro atoms. The summed E-state index contributed by atoms with van der Waals surface area (Å²) in [6, 6.07) is 7.42. The molecule has 0 bridgehead atoms. The highest BCUT2D eigenvalue weighted by molar-refractivity contribution is 5.37. The molecule has 2 heterocycles. The Hall–Kier alpha value is -2.04. The van der Waals surface area contributed by atoms with Gasteiger partial charge >= 0.3 is 0 Å². The standard InChI is InChI=1S/C11H8F2N2O/c12-11(13)10-8(4-3-6-14-10)15-7-2-1-5-9(15)16/h1-7,11H.